The number of nitrogens with zero attached hydrogens (tertiary/aromatic N) is 3. The Kier molecular flexibility index (Phi) is 8.17. The second-order valence-corrected chi connectivity index (χ2v) is 13.6. The average Bonchev–Trinajstić information content (AvgIpc) is 3.51. The lowest BCUT2D eigenvalue weighted by Gasteiger charge is -2.58. The molecular formula is C31H44BrN6O2+. The number of carbonyl (C=O) groups excluding carboxylic acids is 1. The van der Waals surface area contributed by atoms with Crippen LogP contribution in [0.4, 0.5) is 17.3 Å². The van der Waals surface area contributed by atoms with Crippen LogP contribution >= 0.6 is 15.9 Å². The number of aromatic amines is 1. The van der Waals surface area contributed by atoms with E-state index in [2.05, 4.69) is 82.7 Å². The van der Waals surface area contributed by atoms with Crippen LogP contribution in [0.15, 0.2) is 46.4 Å². The minimum atomic E-state index is -0.299. The van der Waals surface area contributed by atoms with E-state index in [1.165, 1.54) is 28.9 Å². The van der Waals surface area contributed by atoms with Crippen molar-refractivity contribution in [2.75, 3.05) is 37.5 Å². The number of aromatic nitrogens is 3. The van der Waals surface area contributed by atoms with E-state index in [4.69, 9.17) is 10.5 Å². The van der Waals surface area contributed by atoms with E-state index in [9.17, 15) is 4.79 Å². The SMILES string of the molecule is C/C(=C\CN1C[NH+](C)c2ncnc(N)c21)CC[C@]1(C)[C@@H](C)CC[C@]2(C)C(COC(=O)c3cc(Br)c[nH]3)=CCC[C@@H]12. The predicted molar refractivity (Wildman–Crippen MR) is 162 cm³/mol. The van der Waals surface area contributed by atoms with Crippen molar-refractivity contribution in [3.8, 4) is 0 Å². The second-order valence-electron chi connectivity index (χ2n) is 12.7. The highest BCUT2D eigenvalue weighted by Gasteiger charge is 2.53. The first kappa shape index (κ1) is 28.9. The van der Waals surface area contributed by atoms with Gasteiger partial charge in [0, 0.05) is 17.2 Å². The van der Waals surface area contributed by atoms with Gasteiger partial charge < -0.3 is 20.4 Å². The average molecular weight is 613 g/mol. The Labute approximate surface area is 246 Å². The van der Waals surface area contributed by atoms with Crippen molar-refractivity contribution in [2.24, 2.45) is 22.7 Å². The molecule has 0 bridgehead atoms. The number of allylic oxidation sites excluding steroid dienone is 2. The van der Waals surface area contributed by atoms with E-state index in [0.29, 0.717) is 30.0 Å². The van der Waals surface area contributed by atoms with Crippen LogP contribution in [0.1, 0.15) is 76.7 Å². The number of fused-ring (bicyclic) bond motifs is 2. The number of nitrogen functional groups attached to an aromatic ring is 1. The summed E-state index contributed by atoms with van der Waals surface area (Å²) >= 11 is 3.40. The van der Waals surface area contributed by atoms with Gasteiger partial charge >= 0.3 is 5.97 Å². The van der Waals surface area contributed by atoms with Crippen LogP contribution in [0.2, 0.25) is 0 Å². The molecular weight excluding hydrogens is 568 g/mol. The van der Waals surface area contributed by atoms with Gasteiger partial charge in [0.1, 0.15) is 18.6 Å². The maximum Gasteiger partial charge on any atom is 0.355 e. The van der Waals surface area contributed by atoms with Crippen molar-refractivity contribution < 1.29 is 14.4 Å². The third-order valence-corrected chi connectivity index (χ3v) is 10.8. The van der Waals surface area contributed by atoms with Gasteiger partial charge in [0.25, 0.3) is 5.82 Å². The summed E-state index contributed by atoms with van der Waals surface area (Å²) in [4.78, 5) is 27.8. The van der Waals surface area contributed by atoms with Crippen LogP contribution in [0.3, 0.4) is 0 Å². The Morgan fingerprint density at radius 3 is 2.90 bits per heavy atom. The highest BCUT2D eigenvalue weighted by molar-refractivity contribution is 9.10. The van der Waals surface area contributed by atoms with Crippen LogP contribution in [-0.2, 0) is 4.74 Å². The molecule has 0 saturated heterocycles. The van der Waals surface area contributed by atoms with Crippen molar-refractivity contribution in [1.29, 1.82) is 0 Å². The number of rotatable bonds is 8. The molecule has 1 unspecified atom stereocenters. The van der Waals surface area contributed by atoms with Crippen molar-refractivity contribution in [1.82, 2.24) is 15.0 Å². The first-order chi connectivity index (χ1) is 19.0. The molecule has 0 aromatic carbocycles. The van der Waals surface area contributed by atoms with Crippen molar-refractivity contribution in [3.05, 3.63) is 52.1 Å². The lowest BCUT2D eigenvalue weighted by molar-refractivity contribution is -0.805. The number of hydrogen-bond donors (Lipinski definition) is 3. The molecule has 0 radical (unpaired) electrons. The van der Waals surface area contributed by atoms with Crippen LogP contribution in [0, 0.1) is 22.7 Å². The third-order valence-electron chi connectivity index (χ3n) is 10.3. The van der Waals surface area contributed by atoms with Crippen LogP contribution in [0.25, 0.3) is 0 Å². The summed E-state index contributed by atoms with van der Waals surface area (Å²) in [6, 6.07) is 1.77. The number of H-pyrrole nitrogens is 1. The van der Waals surface area contributed by atoms with E-state index < -0.39 is 0 Å². The van der Waals surface area contributed by atoms with Crippen LogP contribution in [-0.4, -0.2) is 47.8 Å². The topological polar surface area (TPSA) is 102 Å². The standard InChI is InChI=1S/C31H43BrN6O2/c1-20(11-14-38-19-37(5)28-26(38)27(33)35-18-36-28)9-12-30(3)21(2)10-13-31(4)22(7-6-8-25(30)31)17-40-29(39)24-15-23(32)16-34-24/h7,11,15-16,18,21,25,34H,6,8-10,12-14,17,19H2,1-5H3,(H2,33,35,36)/p+1/b20-11+/t21-,25-,30+,31+/m0/s1. The van der Waals surface area contributed by atoms with Gasteiger partial charge in [-0.05, 0) is 95.7 Å². The van der Waals surface area contributed by atoms with Crippen molar-refractivity contribution in [2.45, 2.75) is 66.2 Å². The smallest absolute Gasteiger partial charge is 0.355 e. The number of ether oxygens (including phenoxy) is 1. The normalized spacial score (nSPS) is 30.1. The monoisotopic (exact) mass is 611 g/mol. The van der Waals surface area contributed by atoms with Gasteiger partial charge in [-0.2, -0.15) is 4.98 Å². The summed E-state index contributed by atoms with van der Waals surface area (Å²) < 4.78 is 6.67. The highest BCUT2D eigenvalue weighted by Crippen LogP contribution is 2.62. The quantitative estimate of drug-likeness (QED) is 0.271. The van der Waals surface area contributed by atoms with Gasteiger partial charge in [-0.1, -0.05) is 38.5 Å². The first-order valence-electron chi connectivity index (χ1n) is 14.6. The molecule has 4 N–H and O–H groups in total. The van der Waals surface area contributed by atoms with E-state index >= 15 is 0 Å². The maximum atomic E-state index is 12.7. The maximum absolute atomic E-state index is 12.7. The van der Waals surface area contributed by atoms with Gasteiger partial charge in [0.05, 0.1) is 7.05 Å². The molecule has 9 heteroatoms. The number of nitrogens with one attached hydrogen (secondary N) is 2. The zero-order valence-electron chi connectivity index (χ0n) is 24.5. The van der Waals surface area contributed by atoms with Gasteiger partial charge in [-0.25, -0.2) is 9.78 Å². The summed E-state index contributed by atoms with van der Waals surface area (Å²) in [5.74, 6) is 2.45. The number of carbonyl (C=O) groups is 1. The number of anilines is 2. The molecule has 1 saturated carbocycles. The molecule has 216 valence electrons. The van der Waals surface area contributed by atoms with Crippen LogP contribution in [0.5, 0.6) is 0 Å². The van der Waals surface area contributed by atoms with Gasteiger partial charge in [0.2, 0.25) is 0 Å². The zero-order valence-corrected chi connectivity index (χ0v) is 26.1. The van der Waals surface area contributed by atoms with Crippen LogP contribution < -0.4 is 15.5 Å². The molecule has 2 aliphatic carbocycles. The largest absolute Gasteiger partial charge is 0.456 e. The minimum absolute atomic E-state index is 0.0534. The third kappa shape index (κ3) is 5.34. The zero-order chi connectivity index (χ0) is 28.7. The van der Waals surface area contributed by atoms with Gasteiger partial charge in [-0.15, -0.1) is 0 Å². The molecule has 3 aliphatic rings. The lowest BCUT2D eigenvalue weighted by Crippen LogP contribution is -3.03. The van der Waals surface area contributed by atoms with E-state index in [1.54, 1.807) is 18.6 Å². The molecule has 3 heterocycles. The minimum Gasteiger partial charge on any atom is -0.456 e. The molecule has 5 atom stereocenters. The summed E-state index contributed by atoms with van der Waals surface area (Å²) in [7, 11) is 2.12. The van der Waals surface area contributed by atoms with Gasteiger partial charge in [-0.3, -0.25) is 4.90 Å². The molecule has 1 fully saturated rings. The molecule has 40 heavy (non-hydrogen) atoms. The lowest BCUT2D eigenvalue weighted by atomic mass is 9.47. The Morgan fingerprint density at radius 1 is 1.35 bits per heavy atom. The summed E-state index contributed by atoms with van der Waals surface area (Å²) in [5.41, 5.74) is 10.7. The number of quaternary nitrogens is 1. The fourth-order valence-electron chi connectivity index (χ4n) is 7.58. The molecule has 2 aromatic rings. The Balaban J connectivity index is 1.24. The molecule has 5 rings (SSSR count). The highest BCUT2D eigenvalue weighted by atomic mass is 79.9. The second kappa shape index (κ2) is 11.3. The summed E-state index contributed by atoms with van der Waals surface area (Å²) in [6.45, 7) is 11.7. The molecule has 0 amide bonds. The number of nitrogens with two attached hydrogens (primary N) is 1. The number of hydrogen-bond acceptors (Lipinski definition) is 6. The molecule has 2 aromatic heterocycles. The van der Waals surface area contributed by atoms with Crippen molar-refractivity contribution in [3.63, 3.8) is 0 Å². The number of halogens is 1. The molecule has 8 nitrogen and oxygen atoms in total. The van der Waals surface area contributed by atoms with Crippen molar-refractivity contribution >= 4 is 39.2 Å². The Hall–Kier alpha value is -2.65. The fourth-order valence-corrected chi connectivity index (χ4v) is 7.92. The Morgan fingerprint density at radius 2 is 2.15 bits per heavy atom. The summed E-state index contributed by atoms with van der Waals surface area (Å²) in [6.07, 6.45) is 14.8. The van der Waals surface area contributed by atoms with E-state index in [1.807, 2.05) is 0 Å². The summed E-state index contributed by atoms with van der Waals surface area (Å²) in [5, 5.41) is 0. The number of esters is 1. The van der Waals surface area contributed by atoms with E-state index in [0.717, 1.165) is 54.9 Å². The van der Waals surface area contributed by atoms with E-state index in [-0.39, 0.29) is 16.8 Å². The molecule has 0 spiro atoms. The van der Waals surface area contributed by atoms with Gasteiger partial charge in [0.15, 0.2) is 18.2 Å². The Bertz CT molecular complexity index is 1320. The first-order valence-corrected chi connectivity index (χ1v) is 15.4. The molecule has 1 aliphatic heterocycles. The fraction of sp³-hybridized carbons (Fsp3) is 0.581. The predicted octanol–water partition coefficient (Wildman–Crippen LogP) is 5.44.